The van der Waals surface area contributed by atoms with Gasteiger partial charge in [0.1, 0.15) is 0 Å². The highest BCUT2D eigenvalue weighted by Gasteiger charge is 2.31. The fourth-order valence-electron chi connectivity index (χ4n) is 2.76. The van der Waals surface area contributed by atoms with Crippen LogP contribution >= 0.6 is 0 Å². The van der Waals surface area contributed by atoms with Crippen LogP contribution in [0.25, 0.3) is 0 Å². The van der Waals surface area contributed by atoms with Gasteiger partial charge in [-0.2, -0.15) is 0 Å². The number of amides is 1. The Hall–Kier alpha value is -0.610. The Kier molecular flexibility index (Phi) is 5.22. The summed E-state index contributed by atoms with van der Waals surface area (Å²) in [7, 11) is 2.05. The third-order valence-electron chi connectivity index (χ3n) is 3.63. The molecule has 1 atom stereocenters. The topological polar surface area (TPSA) is 58.4 Å². The van der Waals surface area contributed by atoms with Crippen molar-refractivity contribution in [3.05, 3.63) is 0 Å². The van der Waals surface area contributed by atoms with E-state index in [2.05, 4.69) is 31.2 Å². The Bertz CT molecular complexity index is 224. The maximum atomic E-state index is 11.8. The molecule has 0 spiro atoms. The van der Waals surface area contributed by atoms with E-state index < -0.39 is 0 Å². The van der Waals surface area contributed by atoms with Crippen molar-refractivity contribution in [2.75, 3.05) is 7.05 Å². The normalized spacial score (nSPS) is 20.1. The van der Waals surface area contributed by atoms with Crippen molar-refractivity contribution in [3.63, 3.8) is 0 Å². The molecule has 0 aromatic rings. The number of hydrogen-bond acceptors (Lipinski definition) is 3. The molecule has 0 heterocycles. The summed E-state index contributed by atoms with van der Waals surface area (Å²) in [5.41, 5.74) is 2.29. The van der Waals surface area contributed by atoms with E-state index in [0.717, 1.165) is 0 Å². The van der Waals surface area contributed by atoms with Crippen LogP contribution in [0.2, 0.25) is 0 Å². The molecule has 0 aromatic carbocycles. The number of hydrazine groups is 1. The molecule has 0 aromatic heterocycles. The van der Waals surface area contributed by atoms with E-state index in [-0.39, 0.29) is 17.9 Å². The van der Waals surface area contributed by atoms with Crippen LogP contribution in [0, 0.1) is 5.92 Å². The summed E-state index contributed by atoms with van der Waals surface area (Å²) < 4.78 is 0. The number of carbonyl (C=O) groups is 1. The summed E-state index contributed by atoms with van der Waals surface area (Å²) in [5.74, 6) is 5.47. The fraction of sp³-hybridized carbons (Fsp3) is 0.917. The number of hydrogen-bond donors (Lipinski definition) is 2. The molecule has 1 unspecified atom stereocenters. The SMILES string of the molecule is CC(C)C(C(=O)NN)N(C)C1CCCCC1. The highest BCUT2D eigenvalue weighted by molar-refractivity contribution is 5.81. The van der Waals surface area contributed by atoms with E-state index in [4.69, 9.17) is 5.84 Å². The molecular weight excluding hydrogens is 202 g/mol. The van der Waals surface area contributed by atoms with Crippen LogP contribution in [0.15, 0.2) is 0 Å². The fourth-order valence-corrected chi connectivity index (χ4v) is 2.76. The Balaban J connectivity index is 2.65. The minimum Gasteiger partial charge on any atom is -0.293 e. The van der Waals surface area contributed by atoms with Crippen molar-refractivity contribution >= 4 is 5.91 Å². The van der Waals surface area contributed by atoms with Crippen molar-refractivity contribution in [2.45, 2.75) is 58.0 Å². The van der Waals surface area contributed by atoms with Crippen LogP contribution in [-0.2, 0) is 4.79 Å². The van der Waals surface area contributed by atoms with Gasteiger partial charge in [0.2, 0.25) is 0 Å². The van der Waals surface area contributed by atoms with Gasteiger partial charge >= 0.3 is 0 Å². The predicted octanol–water partition coefficient (Wildman–Crippen LogP) is 1.27. The lowest BCUT2D eigenvalue weighted by molar-refractivity contribution is -0.128. The number of nitrogens with zero attached hydrogens (tertiary/aromatic N) is 1. The molecule has 0 saturated heterocycles. The molecular formula is C12H25N3O. The highest BCUT2D eigenvalue weighted by atomic mass is 16.2. The zero-order valence-electron chi connectivity index (χ0n) is 10.7. The summed E-state index contributed by atoms with van der Waals surface area (Å²) >= 11 is 0. The first-order valence-corrected chi connectivity index (χ1v) is 6.30. The molecule has 94 valence electrons. The van der Waals surface area contributed by atoms with Gasteiger partial charge in [0.05, 0.1) is 6.04 Å². The van der Waals surface area contributed by atoms with E-state index in [1.54, 1.807) is 0 Å². The van der Waals surface area contributed by atoms with Crippen LogP contribution in [0.5, 0.6) is 0 Å². The van der Waals surface area contributed by atoms with E-state index in [1.807, 2.05) is 0 Å². The lowest BCUT2D eigenvalue weighted by Gasteiger charge is -2.37. The number of rotatable bonds is 4. The average Bonchev–Trinajstić information content (AvgIpc) is 2.29. The molecule has 4 heteroatoms. The van der Waals surface area contributed by atoms with Gasteiger partial charge in [0.15, 0.2) is 0 Å². The van der Waals surface area contributed by atoms with Gasteiger partial charge in [-0.25, -0.2) is 5.84 Å². The van der Waals surface area contributed by atoms with E-state index >= 15 is 0 Å². The van der Waals surface area contributed by atoms with Crippen LogP contribution in [0.1, 0.15) is 46.0 Å². The van der Waals surface area contributed by atoms with Gasteiger partial charge in [-0.1, -0.05) is 33.1 Å². The molecule has 1 amide bonds. The largest absolute Gasteiger partial charge is 0.293 e. The lowest BCUT2D eigenvalue weighted by atomic mass is 9.91. The Morgan fingerprint density at radius 1 is 1.31 bits per heavy atom. The average molecular weight is 227 g/mol. The molecule has 1 rings (SSSR count). The van der Waals surface area contributed by atoms with Crippen LogP contribution in [-0.4, -0.2) is 29.9 Å². The zero-order valence-corrected chi connectivity index (χ0v) is 10.7. The smallest absolute Gasteiger partial charge is 0.251 e. The third-order valence-corrected chi connectivity index (χ3v) is 3.63. The van der Waals surface area contributed by atoms with E-state index in [9.17, 15) is 4.79 Å². The van der Waals surface area contributed by atoms with Crippen molar-refractivity contribution in [3.8, 4) is 0 Å². The number of carbonyl (C=O) groups excluding carboxylic acids is 1. The third kappa shape index (κ3) is 3.19. The molecule has 3 N–H and O–H groups in total. The van der Waals surface area contributed by atoms with Gasteiger partial charge in [-0.3, -0.25) is 15.1 Å². The summed E-state index contributed by atoms with van der Waals surface area (Å²) in [6.07, 6.45) is 6.31. The van der Waals surface area contributed by atoms with E-state index in [1.165, 1.54) is 32.1 Å². The quantitative estimate of drug-likeness (QED) is 0.432. The van der Waals surface area contributed by atoms with Gasteiger partial charge in [0, 0.05) is 6.04 Å². The second-order valence-electron chi connectivity index (χ2n) is 5.15. The molecule has 1 saturated carbocycles. The molecule has 1 aliphatic carbocycles. The zero-order chi connectivity index (χ0) is 12.1. The minimum absolute atomic E-state index is 0.0666. The Labute approximate surface area is 98.5 Å². The highest BCUT2D eigenvalue weighted by Crippen LogP contribution is 2.24. The Morgan fingerprint density at radius 2 is 1.88 bits per heavy atom. The van der Waals surface area contributed by atoms with Crippen LogP contribution < -0.4 is 11.3 Å². The summed E-state index contributed by atoms with van der Waals surface area (Å²) in [4.78, 5) is 14.0. The van der Waals surface area contributed by atoms with Crippen molar-refractivity contribution < 1.29 is 4.79 Å². The standard InChI is InChI=1S/C12H25N3O/c1-9(2)11(12(16)14-13)15(3)10-7-5-4-6-8-10/h9-11H,4-8,13H2,1-3H3,(H,14,16). The molecule has 0 radical (unpaired) electrons. The second kappa shape index (κ2) is 6.21. The van der Waals surface area contributed by atoms with Crippen LogP contribution in [0.4, 0.5) is 0 Å². The number of nitrogens with two attached hydrogens (primary N) is 1. The first-order chi connectivity index (χ1) is 7.57. The van der Waals surface area contributed by atoms with E-state index in [0.29, 0.717) is 6.04 Å². The maximum Gasteiger partial charge on any atom is 0.251 e. The van der Waals surface area contributed by atoms with Crippen molar-refractivity contribution in [1.82, 2.24) is 10.3 Å². The molecule has 16 heavy (non-hydrogen) atoms. The van der Waals surface area contributed by atoms with Crippen LogP contribution in [0.3, 0.4) is 0 Å². The van der Waals surface area contributed by atoms with Gasteiger partial charge < -0.3 is 0 Å². The van der Waals surface area contributed by atoms with Crippen molar-refractivity contribution in [1.29, 1.82) is 0 Å². The summed E-state index contributed by atoms with van der Waals surface area (Å²) in [6, 6.07) is 0.437. The molecule has 1 aliphatic rings. The van der Waals surface area contributed by atoms with Gasteiger partial charge in [-0.05, 0) is 25.8 Å². The van der Waals surface area contributed by atoms with Gasteiger partial charge in [0.25, 0.3) is 5.91 Å². The summed E-state index contributed by atoms with van der Waals surface area (Å²) in [6.45, 7) is 4.14. The monoisotopic (exact) mass is 227 g/mol. The first-order valence-electron chi connectivity index (χ1n) is 6.30. The van der Waals surface area contributed by atoms with Crippen molar-refractivity contribution in [2.24, 2.45) is 11.8 Å². The number of likely N-dealkylation sites (N-methyl/N-ethyl adjacent to an activating group) is 1. The molecule has 0 aliphatic heterocycles. The minimum atomic E-state index is -0.104. The number of nitrogens with one attached hydrogen (secondary N) is 1. The lowest BCUT2D eigenvalue weighted by Crippen LogP contribution is -2.53. The molecule has 1 fully saturated rings. The Morgan fingerprint density at radius 3 is 2.31 bits per heavy atom. The summed E-state index contributed by atoms with van der Waals surface area (Å²) in [5, 5.41) is 0. The van der Waals surface area contributed by atoms with Gasteiger partial charge in [-0.15, -0.1) is 0 Å². The maximum absolute atomic E-state index is 11.8. The molecule has 4 nitrogen and oxygen atoms in total. The second-order valence-corrected chi connectivity index (χ2v) is 5.15. The predicted molar refractivity (Wildman–Crippen MR) is 65.6 cm³/mol. The molecule has 0 bridgehead atoms. The first kappa shape index (κ1) is 13.5.